The van der Waals surface area contributed by atoms with Gasteiger partial charge in [-0.3, -0.25) is 9.59 Å². The first-order chi connectivity index (χ1) is 8.85. The second-order valence-corrected chi connectivity index (χ2v) is 5.68. The highest BCUT2D eigenvalue weighted by atomic mass is 35.5. The van der Waals surface area contributed by atoms with E-state index in [9.17, 15) is 9.59 Å². The van der Waals surface area contributed by atoms with Gasteiger partial charge < -0.3 is 10.1 Å². The Labute approximate surface area is 115 Å². The predicted molar refractivity (Wildman–Crippen MR) is 71.3 cm³/mol. The minimum Gasteiger partial charge on any atom is -0.468 e. The van der Waals surface area contributed by atoms with Gasteiger partial charge >= 0.3 is 5.97 Å². The first kappa shape index (κ1) is 13.9. The minimum atomic E-state index is -0.547. The van der Waals surface area contributed by atoms with Crippen LogP contribution in [-0.2, 0) is 16.1 Å². The third-order valence-corrected chi connectivity index (χ3v) is 3.70. The summed E-state index contributed by atoms with van der Waals surface area (Å²) < 4.78 is 5.47. The maximum Gasteiger partial charge on any atom is 0.327 e. The van der Waals surface area contributed by atoms with Crippen LogP contribution in [0.25, 0.3) is 0 Å². The molecule has 6 nitrogen and oxygen atoms in total. The number of ether oxygens (including phenoxy) is 1. The van der Waals surface area contributed by atoms with Gasteiger partial charge in [-0.15, -0.1) is 0 Å². The van der Waals surface area contributed by atoms with E-state index in [1.165, 1.54) is 13.3 Å². The average molecular weight is 286 g/mol. The number of methoxy groups -OCH3 is 1. The van der Waals surface area contributed by atoms with Crippen molar-refractivity contribution in [2.24, 2.45) is 5.41 Å². The molecule has 1 aliphatic carbocycles. The zero-order valence-corrected chi connectivity index (χ0v) is 11.8. The van der Waals surface area contributed by atoms with Gasteiger partial charge in [-0.25, -0.2) is 4.68 Å². The van der Waals surface area contributed by atoms with Crippen LogP contribution < -0.4 is 10.9 Å². The summed E-state index contributed by atoms with van der Waals surface area (Å²) in [7, 11) is 1.25. The molecule has 0 spiro atoms. The van der Waals surface area contributed by atoms with Crippen molar-refractivity contribution < 1.29 is 9.53 Å². The smallest absolute Gasteiger partial charge is 0.327 e. The average Bonchev–Trinajstić information content (AvgIpc) is 2.96. The predicted octanol–water partition coefficient (Wildman–Crippen LogP) is 1.28. The summed E-state index contributed by atoms with van der Waals surface area (Å²) in [5.41, 5.74) is 0.211. The van der Waals surface area contributed by atoms with Gasteiger partial charge in [0.2, 0.25) is 0 Å². The van der Waals surface area contributed by atoms with Crippen LogP contribution in [0.1, 0.15) is 20.3 Å². The number of rotatable bonds is 4. The van der Waals surface area contributed by atoms with Gasteiger partial charge in [0.05, 0.1) is 19.0 Å². The molecular weight excluding hydrogens is 270 g/mol. The Morgan fingerprint density at radius 1 is 1.68 bits per heavy atom. The Balaban J connectivity index is 2.18. The standard InChI is InChI=1S/C12H16ClN3O3/c1-12(2)4-8(12)15-7-5-14-16(6-9(17)19-3)11(18)10(7)13/h5,8,15H,4,6H2,1-3H3. The van der Waals surface area contributed by atoms with Gasteiger partial charge in [-0.2, -0.15) is 5.10 Å². The van der Waals surface area contributed by atoms with Gasteiger partial charge in [0.1, 0.15) is 11.6 Å². The Morgan fingerprint density at radius 2 is 2.32 bits per heavy atom. The van der Waals surface area contributed by atoms with Gasteiger partial charge in [-0.1, -0.05) is 25.4 Å². The van der Waals surface area contributed by atoms with Gasteiger partial charge in [0.25, 0.3) is 5.56 Å². The summed E-state index contributed by atoms with van der Waals surface area (Å²) in [5.74, 6) is -0.547. The van der Waals surface area contributed by atoms with Gasteiger partial charge in [0.15, 0.2) is 0 Å². The van der Waals surface area contributed by atoms with E-state index in [-0.39, 0.29) is 17.0 Å². The lowest BCUT2D eigenvalue weighted by atomic mass is 10.2. The summed E-state index contributed by atoms with van der Waals surface area (Å²) in [6.45, 7) is 4.01. The van der Waals surface area contributed by atoms with Crippen LogP contribution in [0.15, 0.2) is 11.0 Å². The van der Waals surface area contributed by atoms with E-state index in [0.29, 0.717) is 11.7 Å². The minimum absolute atomic E-state index is 0.0432. The summed E-state index contributed by atoms with van der Waals surface area (Å²) in [6.07, 6.45) is 2.48. The Hall–Kier alpha value is -1.56. The summed E-state index contributed by atoms with van der Waals surface area (Å²) in [6, 6.07) is 0.294. The van der Waals surface area contributed by atoms with Crippen LogP contribution in [-0.4, -0.2) is 28.9 Å². The van der Waals surface area contributed by atoms with E-state index in [4.69, 9.17) is 11.6 Å². The molecule has 0 aromatic carbocycles. The molecule has 0 amide bonds. The van der Waals surface area contributed by atoms with Crippen molar-refractivity contribution in [3.8, 4) is 0 Å². The fraction of sp³-hybridized carbons (Fsp3) is 0.583. The van der Waals surface area contributed by atoms with Crippen LogP contribution >= 0.6 is 11.6 Å². The third-order valence-electron chi connectivity index (χ3n) is 3.33. The molecule has 0 saturated heterocycles. The van der Waals surface area contributed by atoms with Crippen molar-refractivity contribution in [2.75, 3.05) is 12.4 Å². The highest BCUT2D eigenvalue weighted by Crippen LogP contribution is 2.46. The number of hydrogen-bond donors (Lipinski definition) is 1. The van der Waals surface area contributed by atoms with E-state index >= 15 is 0 Å². The zero-order valence-electron chi connectivity index (χ0n) is 11.1. The lowest BCUT2D eigenvalue weighted by Gasteiger charge is -2.10. The van der Waals surface area contributed by atoms with E-state index < -0.39 is 11.5 Å². The molecule has 19 heavy (non-hydrogen) atoms. The molecule has 7 heteroatoms. The molecule has 1 heterocycles. The number of aromatic nitrogens is 2. The van der Waals surface area contributed by atoms with Crippen LogP contribution in [0.2, 0.25) is 5.02 Å². The molecule has 1 saturated carbocycles. The largest absolute Gasteiger partial charge is 0.468 e. The van der Waals surface area contributed by atoms with Crippen LogP contribution in [0.4, 0.5) is 5.69 Å². The highest BCUT2D eigenvalue weighted by Gasteiger charge is 2.46. The molecule has 1 aromatic rings. The molecule has 1 atom stereocenters. The Kier molecular flexibility index (Phi) is 3.54. The molecule has 0 aliphatic heterocycles. The van der Waals surface area contributed by atoms with Crippen molar-refractivity contribution in [1.82, 2.24) is 9.78 Å². The van der Waals surface area contributed by atoms with Crippen molar-refractivity contribution in [1.29, 1.82) is 0 Å². The maximum absolute atomic E-state index is 11.9. The lowest BCUT2D eigenvalue weighted by Crippen LogP contribution is -2.28. The zero-order chi connectivity index (χ0) is 14.2. The van der Waals surface area contributed by atoms with Crippen molar-refractivity contribution >= 4 is 23.3 Å². The second kappa shape index (κ2) is 4.85. The lowest BCUT2D eigenvalue weighted by molar-refractivity contribution is -0.141. The molecule has 0 bridgehead atoms. The van der Waals surface area contributed by atoms with E-state index in [1.54, 1.807) is 0 Å². The Bertz CT molecular complexity index is 568. The first-order valence-electron chi connectivity index (χ1n) is 5.94. The van der Waals surface area contributed by atoms with Gasteiger partial charge in [-0.05, 0) is 11.8 Å². The topological polar surface area (TPSA) is 73.2 Å². The summed E-state index contributed by atoms with van der Waals surface area (Å²) >= 11 is 6.00. The van der Waals surface area contributed by atoms with E-state index in [1.807, 2.05) is 0 Å². The molecule has 1 unspecified atom stereocenters. The number of anilines is 1. The number of carbonyl (C=O) groups excluding carboxylic acids is 1. The molecule has 0 radical (unpaired) electrons. The molecule has 1 fully saturated rings. The molecule has 1 aromatic heterocycles. The Morgan fingerprint density at radius 3 is 2.84 bits per heavy atom. The molecule has 1 aliphatic rings. The highest BCUT2D eigenvalue weighted by molar-refractivity contribution is 6.32. The molecular formula is C12H16ClN3O3. The fourth-order valence-electron chi connectivity index (χ4n) is 1.77. The maximum atomic E-state index is 11.9. The number of esters is 1. The molecule has 1 N–H and O–H groups in total. The quantitative estimate of drug-likeness (QED) is 0.844. The van der Waals surface area contributed by atoms with Crippen molar-refractivity contribution in [2.45, 2.75) is 32.9 Å². The number of nitrogens with zero attached hydrogens (tertiary/aromatic N) is 2. The summed E-state index contributed by atoms with van der Waals surface area (Å²) in [4.78, 5) is 23.0. The number of hydrogen-bond acceptors (Lipinski definition) is 5. The summed E-state index contributed by atoms with van der Waals surface area (Å²) in [5, 5.41) is 7.14. The van der Waals surface area contributed by atoms with Crippen LogP contribution in [0.3, 0.4) is 0 Å². The van der Waals surface area contributed by atoms with E-state index in [2.05, 4.69) is 29.0 Å². The van der Waals surface area contributed by atoms with Crippen molar-refractivity contribution in [3.05, 3.63) is 21.6 Å². The first-order valence-corrected chi connectivity index (χ1v) is 6.32. The van der Waals surface area contributed by atoms with Gasteiger partial charge in [0, 0.05) is 6.04 Å². The number of halogens is 1. The number of carbonyl (C=O) groups is 1. The number of nitrogens with one attached hydrogen (secondary N) is 1. The molecule has 2 rings (SSSR count). The fourth-order valence-corrected chi connectivity index (χ4v) is 1.97. The monoisotopic (exact) mass is 285 g/mol. The van der Waals surface area contributed by atoms with Crippen LogP contribution in [0.5, 0.6) is 0 Å². The molecule has 104 valence electrons. The van der Waals surface area contributed by atoms with E-state index in [0.717, 1.165) is 11.1 Å². The van der Waals surface area contributed by atoms with Crippen LogP contribution in [0, 0.1) is 5.41 Å². The second-order valence-electron chi connectivity index (χ2n) is 5.30. The van der Waals surface area contributed by atoms with Crippen molar-refractivity contribution in [3.63, 3.8) is 0 Å². The SMILES string of the molecule is COC(=O)Cn1ncc(NC2CC2(C)C)c(Cl)c1=O. The third kappa shape index (κ3) is 2.89. The normalized spacial score (nSPS) is 19.9.